The predicted octanol–water partition coefficient (Wildman–Crippen LogP) is 2.82. The molecule has 0 bridgehead atoms. The number of benzene rings is 2. The highest BCUT2D eigenvalue weighted by molar-refractivity contribution is 7.91. The van der Waals surface area contributed by atoms with Crippen LogP contribution in [-0.4, -0.2) is 47.5 Å². The second-order valence-corrected chi connectivity index (χ2v) is 8.29. The zero-order chi connectivity index (χ0) is 17.9. The third-order valence-corrected chi connectivity index (χ3v) is 6.39. The second-order valence-electron chi connectivity index (χ2n) is 6.05. The molecule has 0 aliphatic carbocycles. The van der Waals surface area contributed by atoms with Crippen LogP contribution in [0.2, 0.25) is 0 Å². The highest BCUT2D eigenvalue weighted by Gasteiger charge is 2.23. The lowest BCUT2D eigenvalue weighted by Gasteiger charge is -2.38. The van der Waals surface area contributed by atoms with Crippen LogP contribution in [-0.2, 0) is 9.84 Å². The molecule has 6 heteroatoms. The summed E-state index contributed by atoms with van der Waals surface area (Å²) < 4.78 is 30.0. The lowest BCUT2D eigenvalue weighted by Crippen LogP contribution is -2.47. The zero-order valence-electron chi connectivity index (χ0n) is 14.7. The lowest BCUT2D eigenvalue weighted by molar-refractivity contribution is 0.414. The molecular formula is C19H24N2O3S. The van der Waals surface area contributed by atoms with Gasteiger partial charge in [-0.15, -0.1) is 0 Å². The number of ether oxygens (including phenoxy) is 1. The molecule has 2 aromatic carbocycles. The third kappa shape index (κ3) is 3.74. The normalized spacial score (nSPS) is 15.3. The van der Waals surface area contributed by atoms with Crippen molar-refractivity contribution in [3.05, 3.63) is 48.5 Å². The first-order valence-electron chi connectivity index (χ1n) is 8.51. The van der Waals surface area contributed by atoms with E-state index in [-0.39, 0.29) is 5.75 Å². The van der Waals surface area contributed by atoms with Gasteiger partial charge in [-0.1, -0.05) is 25.1 Å². The molecule has 0 unspecified atom stereocenters. The highest BCUT2D eigenvalue weighted by Crippen LogP contribution is 2.28. The zero-order valence-corrected chi connectivity index (χ0v) is 15.5. The largest absolute Gasteiger partial charge is 0.497 e. The molecule has 1 saturated heterocycles. The van der Waals surface area contributed by atoms with Gasteiger partial charge in [0.05, 0.1) is 23.4 Å². The van der Waals surface area contributed by atoms with Crippen LogP contribution in [0.5, 0.6) is 5.75 Å². The number of anilines is 2. The van der Waals surface area contributed by atoms with Crippen molar-refractivity contribution in [1.82, 2.24) is 0 Å². The summed E-state index contributed by atoms with van der Waals surface area (Å²) in [5, 5.41) is 0. The molecule has 0 N–H and O–H groups in total. The number of methoxy groups -OCH3 is 1. The molecule has 0 aromatic heterocycles. The van der Waals surface area contributed by atoms with Crippen molar-refractivity contribution < 1.29 is 13.2 Å². The van der Waals surface area contributed by atoms with Gasteiger partial charge in [0, 0.05) is 37.9 Å². The van der Waals surface area contributed by atoms with Gasteiger partial charge < -0.3 is 14.5 Å². The predicted molar refractivity (Wildman–Crippen MR) is 102 cm³/mol. The standard InChI is InChI=1S/C19H24N2O3S/c1-3-25(22,23)19-10-5-4-9-18(19)21-13-11-20(12-14-21)16-7-6-8-17(15-16)24-2/h4-10,15H,3,11-14H2,1-2H3. The Morgan fingerprint density at radius 2 is 1.64 bits per heavy atom. The van der Waals surface area contributed by atoms with Crippen LogP contribution < -0.4 is 14.5 Å². The maximum atomic E-state index is 12.4. The van der Waals surface area contributed by atoms with Crippen molar-refractivity contribution >= 4 is 21.2 Å². The summed E-state index contributed by atoms with van der Waals surface area (Å²) in [6.45, 7) is 4.94. The first-order chi connectivity index (χ1) is 12.0. The van der Waals surface area contributed by atoms with Crippen LogP contribution in [0.1, 0.15) is 6.92 Å². The van der Waals surface area contributed by atoms with Crippen molar-refractivity contribution in [1.29, 1.82) is 0 Å². The molecule has 134 valence electrons. The average Bonchev–Trinajstić information content (AvgIpc) is 2.68. The Balaban J connectivity index is 1.77. The summed E-state index contributed by atoms with van der Waals surface area (Å²) in [5.41, 5.74) is 1.95. The molecular weight excluding hydrogens is 336 g/mol. The topological polar surface area (TPSA) is 49.9 Å². The van der Waals surface area contributed by atoms with Gasteiger partial charge in [-0.25, -0.2) is 8.42 Å². The minimum atomic E-state index is -3.22. The van der Waals surface area contributed by atoms with Gasteiger partial charge in [0.1, 0.15) is 5.75 Å². The summed E-state index contributed by atoms with van der Waals surface area (Å²) in [7, 11) is -1.56. The number of hydrogen-bond acceptors (Lipinski definition) is 5. The van der Waals surface area contributed by atoms with E-state index in [9.17, 15) is 8.42 Å². The van der Waals surface area contributed by atoms with E-state index >= 15 is 0 Å². The Morgan fingerprint density at radius 3 is 2.32 bits per heavy atom. The molecule has 0 amide bonds. The van der Waals surface area contributed by atoms with Gasteiger partial charge >= 0.3 is 0 Å². The number of rotatable bonds is 5. The fourth-order valence-electron chi connectivity index (χ4n) is 3.15. The van der Waals surface area contributed by atoms with Crippen molar-refractivity contribution in [2.75, 3.05) is 48.8 Å². The quantitative estimate of drug-likeness (QED) is 0.821. The maximum absolute atomic E-state index is 12.4. The average molecular weight is 360 g/mol. The van der Waals surface area contributed by atoms with Crippen LogP contribution in [0, 0.1) is 0 Å². The molecule has 0 saturated carbocycles. The summed E-state index contributed by atoms with van der Waals surface area (Å²) in [5.74, 6) is 0.965. The smallest absolute Gasteiger partial charge is 0.180 e. The molecule has 1 aliphatic rings. The van der Waals surface area contributed by atoms with E-state index in [0.29, 0.717) is 4.90 Å². The molecule has 25 heavy (non-hydrogen) atoms. The Hall–Kier alpha value is -2.21. The minimum Gasteiger partial charge on any atom is -0.497 e. The molecule has 1 fully saturated rings. The van der Waals surface area contributed by atoms with Crippen molar-refractivity contribution in [2.24, 2.45) is 0 Å². The van der Waals surface area contributed by atoms with E-state index < -0.39 is 9.84 Å². The summed E-state index contributed by atoms with van der Waals surface area (Å²) in [4.78, 5) is 4.90. The van der Waals surface area contributed by atoms with Gasteiger partial charge in [0.25, 0.3) is 0 Å². The fourth-order valence-corrected chi connectivity index (χ4v) is 4.26. The molecule has 0 atom stereocenters. The van der Waals surface area contributed by atoms with Gasteiger partial charge in [-0.2, -0.15) is 0 Å². The summed E-state index contributed by atoms with van der Waals surface area (Å²) in [6.07, 6.45) is 0. The van der Waals surface area contributed by atoms with E-state index in [1.165, 1.54) is 0 Å². The Labute approximate surface area is 149 Å². The molecule has 2 aromatic rings. The molecule has 5 nitrogen and oxygen atoms in total. The number of para-hydroxylation sites is 1. The van der Waals surface area contributed by atoms with Gasteiger partial charge in [0.2, 0.25) is 0 Å². The minimum absolute atomic E-state index is 0.119. The summed E-state index contributed by atoms with van der Waals surface area (Å²) in [6, 6.07) is 15.3. The van der Waals surface area contributed by atoms with Crippen LogP contribution in [0.25, 0.3) is 0 Å². The molecule has 3 rings (SSSR count). The fraction of sp³-hybridized carbons (Fsp3) is 0.368. The Kier molecular flexibility index (Phi) is 5.18. The number of piperazine rings is 1. The molecule has 1 aliphatic heterocycles. The highest BCUT2D eigenvalue weighted by atomic mass is 32.2. The molecule has 1 heterocycles. The van der Waals surface area contributed by atoms with Crippen LogP contribution in [0.4, 0.5) is 11.4 Å². The maximum Gasteiger partial charge on any atom is 0.180 e. The van der Waals surface area contributed by atoms with Crippen molar-refractivity contribution in [2.45, 2.75) is 11.8 Å². The number of hydrogen-bond donors (Lipinski definition) is 0. The van der Waals surface area contributed by atoms with E-state index in [2.05, 4.69) is 15.9 Å². The van der Waals surface area contributed by atoms with Crippen molar-refractivity contribution in [3.63, 3.8) is 0 Å². The Morgan fingerprint density at radius 1 is 0.960 bits per heavy atom. The monoisotopic (exact) mass is 360 g/mol. The summed E-state index contributed by atoms with van der Waals surface area (Å²) >= 11 is 0. The van der Waals surface area contributed by atoms with Gasteiger partial charge in [-0.05, 0) is 24.3 Å². The Bertz CT molecular complexity index is 828. The van der Waals surface area contributed by atoms with E-state index in [0.717, 1.165) is 43.3 Å². The SMILES string of the molecule is CCS(=O)(=O)c1ccccc1N1CCN(c2cccc(OC)c2)CC1. The molecule has 0 radical (unpaired) electrons. The molecule has 0 spiro atoms. The van der Waals surface area contributed by atoms with E-state index in [4.69, 9.17) is 4.74 Å². The first-order valence-corrected chi connectivity index (χ1v) is 10.2. The lowest BCUT2D eigenvalue weighted by atomic mass is 10.2. The number of sulfone groups is 1. The van der Waals surface area contributed by atoms with Gasteiger partial charge in [0.15, 0.2) is 9.84 Å². The second kappa shape index (κ2) is 7.35. The van der Waals surface area contributed by atoms with E-state index in [1.807, 2.05) is 30.3 Å². The van der Waals surface area contributed by atoms with Crippen molar-refractivity contribution in [3.8, 4) is 5.75 Å². The number of nitrogens with zero attached hydrogens (tertiary/aromatic N) is 2. The van der Waals surface area contributed by atoms with E-state index in [1.54, 1.807) is 26.2 Å². The van der Waals surface area contributed by atoms with Crippen LogP contribution in [0.3, 0.4) is 0 Å². The third-order valence-electron chi connectivity index (χ3n) is 4.62. The first kappa shape index (κ1) is 17.6. The van der Waals surface area contributed by atoms with Crippen LogP contribution >= 0.6 is 0 Å². The van der Waals surface area contributed by atoms with Crippen LogP contribution in [0.15, 0.2) is 53.4 Å². The van der Waals surface area contributed by atoms with Gasteiger partial charge in [-0.3, -0.25) is 0 Å².